The summed E-state index contributed by atoms with van der Waals surface area (Å²) in [5, 5.41) is 5.13. The van der Waals surface area contributed by atoms with Gasteiger partial charge in [0.1, 0.15) is 5.69 Å². The van der Waals surface area contributed by atoms with Gasteiger partial charge in [0.2, 0.25) is 0 Å². The minimum atomic E-state index is -0.544. The quantitative estimate of drug-likeness (QED) is 0.735. The van der Waals surface area contributed by atoms with E-state index in [1.807, 2.05) is 30.3 Å². The Morgan fingerprint density at radius 2 is 1.89 bits per heavy atom. The van der Waals surface area contributed by atoms with Crippen molar-refractivity contribution < 1.29 is 4.79 Å². The molecule has 18 heavy (non-hydrogen) atoms. The lowest BCUT2D eigenvalue weighted by molar-refractivity contribution is 0.0996. The van der Waals surface area contributed by atoms with E-state index in [2.05, 4.69) is 10.1 Å². The Morgan fingerprint density at radius 3 is 2.61 bits per heavy atom. The van der Waals surface area contributed by atoms with Gasteiger partial charge in [0.25, 0.3) is 5.91 Å². The molecule has 0 saturated heterocycles. The standard InChI is InChI=1S/C13H10N4O/c14-12(18)11-7-6-9-8-15-17(13(9)16-11)10-4-2-1-3-5-10/h1-8H,(H2,14,18). The van der Waals surface area contributed by atoms with Crippen molar-refractivity contribution in [3.63, 3.8) is 0 Å². The molecule has 1 amide bonds. The molecule has 0 unspecified atom stereocenters. The summed E-state index contributed by atoms with van der Waals surface area (Å²) in [5.74, 6) is -0.544. The highest BCUT2D eigenvalue weighted by atomic mass is 16.1. The van der Waals surface area contributed by atoms with Crippen LogP contribution in [0.2, 0.25) is 0 Å². The van der Waals surface area contributed by atoms with Gasteiger partial charge in [-0.2, -0.15) is 5.10 Å². The third-order valence-corrected chi connectivity index (χ3v) is 2.67. The van der Waals surface area contributed by atoms with Crippen LogP contribution in [0, 0.1) is 0 Å². The van der Waals surface area contributed by atoms with Gasteiger partial charge in [0.05, 0.1) is 11.9 Å². The number of carbonyl (C=O) groups excluding carboxylic acids is 1. The molecule has 0 radical (unpaired) electrons. The van der Waals surface area contributed by atoms with Crippen molar-refractivity contribution >= 4 is 16.9 Å². The van der Waals surface area contributed by atoms with E-state index in [0.717, 1.165) is 11.1 Å². The number of aromatic nitrogens is 3. The minimum absolute atomic E-state index is 0.236. The molecule has 0 atom stereocenters. The molecule has 5 heteroatoms. The van der Waals surface area contributed by atoms with E-state index >= 15 is 0 Å². The van der Waals surface area contributed by atoms with Crippen LogP contribution in [0.5, 0.6) is 0 Å². The fraction of sp³-hybridized carbons (Fsp3) is 0. The highest BCUT2D eigenvalue weighted by Crippen LogP contribution is 2.16. The average Bonchev–Trinajstić information content (AvgIpc) is 2.82. The molecule has 2 aromatic heterocycles. The number of nitrogens with two attached hydrogens (primary N) is 1. The van der Waals surface area contributed by atoms with Crippen molar-refractivity contribution in [1.82, 2.24) is 14.8 Å². The van der Waals surface area contributed by atoms with E-state index in [1.54, 1.807) is 23.0 Å². The molecule has 5 nitrogen and oxygen atoms in total. The van der Waals surface area contributed by atoms with Gasteiger partial charge in [0, 0.05) is 5.39 Å². The van der Waals surface area contributed by atoms with Crippen LogP contribution in [0.25, 0.3) is 16.7 Å². The summed E-state index contributed by atoms with van der Waals surface area (Å²) in [5.41, 5.74) is 6.98. The topological polar surface area (TPSA) is 73.8 Å². The lowest BCUT2D eigenvalue weighted by Crippen LogP contribution is -2.13. The fourth-order valence-corrected chi connectivity index (χ4v) is 1.80. The number of rotatable bonds is 2. The second kappa shape index (κ2) is 3.96. The summed E-state index contributed by atoms with van der Waals surface area (Å²) in [6.45, 7) is 0. The van der Waals surface area contributed by atoms with Gasteiger partial charge in [-0.1, -0.05) is 18.2 Å². The number of carbonyl (C=O) groups is 1. The van der Waals surface area contributed by atoms with E-state index < -0.39 is 5.91 Å². The van der Waals surface area contributed by atoms with Crippen molar-refractivity contribution in [2.24, 2.45) is 5.73 Å². The van der Waals surface area contributed by atoms with Gasteiger partial charge < -0.3 is 5.73 Å². The Balaban J connectivity index is 2.24. The van der Waals surface area contributed by atoms with Crippen molar-refractivity contribution in [1.29, 1.82) is 0 Å². The Morgan fingerprint density at radius 1 is 1.11 bits per heavy atom. The molecular weight excluding hydrogens is 228 g/mol. The smallest absolute Gasteiger partial charge is 0.267 e. The van der Waals surface area contributed by atoms with Crippen molar-refractivity contribution in [2.45, 2.75) is 0 Å². The predicted molar refractivity (Wildman–Crippen MR) is 67.4 cm³/mol. The number of fused-ring (bicyclic) bond motifs is 1. The first kappa shape index (κ1) is 10.5. The van der Waals surface area contributed by atoms with Crippen LogP contribution in [0.1, 0.15) is 10.5 Å². The first-order valence-corrected chi connectivity index (χ1v) is 5.46. The minimum Gasteiger partial charge on any atom is -0.364 e. The summed E-state index contributed by atoms with van der Waals surface area (Å²) in [6.07, 6.45) is 1.71. The van der Waals surface area contributed by atoms with Crippen molar-refractivity contribution in [3.8, 4) is 5.69 Å². The maximum Gasteiger partial charge on any atom is 0.267 e. The van der Waals surface area contributed by atoms with E-state index in [9.17, 15) is 4.79 Å². The third-order valence-electron chi connectivity index (χ3n) is 2.67. The van der Waals surface area contributed by atoms with Crippen LogP contribution in [0.4, 0.5) is 0 Å². The lowest BCUT2D eigenvalue weighted by atomic mass is 10.3. The van der Waals surface area contributed by atoms with Gasteiger partial charge in [-0.3, -0.25) is 4.79 Å². The zero-order valence-electron chi connectivity index (χ0n) is 9.45. The Hall–Kier alpha value is -2.69. The van der Waals surface area contributed by atoms with Crippen LogP contribution in [0.3, 0.4) is 0 Å². The first-order chi connectivity index (χ1) is 8.75. The first-order valence-electron chi connectivity index (χ1n) is 5.46. The van der Waals surface area contributed by atoms with E-state index in [4.69, 9.17) is 5.73 Å². The highest BCUT2D eigenvalue weighted by Gasteiger charge is 2.09. The summed E-state index contributed by atoms with van der Waals surface area (Å²) >= 11 is 0. The maximum absolute atomic E-state index is 11.1. The van der Waals surface area contributed by atoms with Crippen LogP contribution >= 0.6 is 0 Å². The summed E-state index contributed by atoms with van der Waals surface area (Å²) < 4.78 is 1.68. The molecule has 3 rings (SSSR count). The fourth-order valence-electron chi connectivity index (χ4n) is 1.80. The monoisotopic (exact) mass is 238 g/mol. The summed E-state index contributed by atoms with van der Waals surface area (Å²) in [7, 11) is 0. The van der Waals surface area contributed by atoms with Gasteiger partial charge in [-0.05, 0) is 24.3 Å². The van der Waals surface area contributed by atoms with E-state index in [0.29, 0.717) is 5.65 Å². The zero-order chi connectivity index (χ0) is 12.5. The van der Waals surface area contributed by atoms with Crippen molar-refractivity contribution in [3.05, 3.63) is 54.4 Å². The maximum atomic E-state index is 11.1. The zero-order valence-corrected chi connectivity index (χ0v) is 9.45. The number of hydrogen-bond donors (Lipinski definition) is 1. The second-order valence-electron chi connectivity index (χ2n) is 3.87. The molecule has 0 saturated carbocycles. The lowest BCUT2D eigenvalue weighted by Gasteiger charge is -2.02. The highest BCUT2D eigenvalue weighted by molar-refractivity contribution is 5.93. The summed E-state index contributed by atoms with van der Waals surface area (Å²) in [4.78, 5) is 15.4. The van der Waals surface area contributed by atoms with Crippen LogP contribution in [-0.4, -0.2) is 20.7 Å². The molecule has 0 aliphatic heterocycles. The number of nitrogens with zero attached hydrogens (tertiary/aromatic N) is 3. The number of pyridine rings is 1. The predicted octanol–water partition coefficient (Wildman–Crippen LogP) is 1.52. The SMILES string of the molecule is NC(=O)c1ccc2cnn(-c3ccccc3)c2n1. The van der Waals surface area contributed by atoms with Crippen LogP contribution in [-0.2, 0) is 0 Å². The molecule has 88 valence electrons. The molecule has 3 aromatic rings. The van der Waals surface area contributed by atoms with Crippen LogP contribution < -0.4 is 5.73 Å². The Labute approximate surface area is 103 Å². The number of hydrogen-bond acceptors (Lipinski definition) is 3. The Kier molecular flexibility index (Phi) is 2.30. The molecular formula is C13H10N4O. The average molecular weight is 238 g/mol. The number of benzene rings is 1. The van der Waals surface area contributed by atoms with E-state index in [1.165, 1.54) is 0 Å². The molecule has 0 bridgehead atoms. The van der Waals surface area contributed by atoms with Crippen LogP contribution in [0.15, 0.2) is 48.7 Å². The number of amides is 1. The van der Waals surface area contributed by atoms with Gasteiger partial charge >= 0.3 is 0 Å². The number of primary amides is 1. The molecule has 2 heterocycles. The third kappa shape index (κ3) is 1.62. The number of para-hydroxylation sites is 1. The van der Waals surface area contributed by atoms with Crippen molar-refractivity contribution in [2.75, 3.05) is 0 Å². The molecule has 0 aliphatic rings. The van der Waals surface area contributed by atoms with Gasteiger partial charge in [0.15, 0.2) is 5.65 Å². The van der Waals surface area contributed by atoms with E-state index in [-0.39, 0.29) is 5.69 Å². The molecule has 0 spiro atoms. The Bertz CT molecular complexity index is 718. The molecule has 1 aromatic carbocycles. The largest absolute Gasteiger partial charge is 0.364 e. The molecule has 0 fully saturated rings. The summed E-state index contributed by atoms with van der Waals surface area (Å²) in [6, 6.07) is 13.0. The van der Waals surface area contributed by atoms with Gasteiger partial charge in [-0.15, -0.1) is 0 Å². The molecule has 0 aliphatic carbocycles. The normalized spacial score (nSPS) is 10.7. The second-order valence-corrected chi connectivity index (χ2v) is 3.87. The van der Waals surface area contributed by atoms with Gasteiger partial charge in [-0.25, -0.2) is 9.67 Å². The molecule has 2 N–H and O–H groups in total.